The second-order valence-electron chi connectivity index (χ2n) is 7.95. The van der Waals surface area contributed by atoms with E-state index in [1.807, 2.05) is 0 Å². The van der Waals surface area contributed by atoms with Crippen LogP contribution >= 0.6 is 0 Å². The summed E-state index contributed by atoms with van der Waals surface area (Å²) in [6.07, 6.45) is 8.11. The summed E-state index contributed by atoms with van der Waals surface area (Å²) in [7, 11) is 0. The Hall–Kier alpha value is -1.06. The maximum atomic E-state index is 11.1. The van der Waals surface area contributed by atoms with Gasteiger partial charge in [-0.05, 0) is 37.5 Å². The number of rotatable bonds is 13. The van der Waals surface area contributed by atoms with Crippen LogP contribution in [0.5, 0.6) is 0 Å². The molecular weight excluding hydrogens is 292 g/mol. The SMILES string of the molecule is CC(C)CCCC(C)CCCC(C)CCC(C)(C(=O)O)C(=O)O. The van der Waals surface area contributed by atoms with Gasteiger partial charge in [-0.2, -0.15) is 0 Å². The summed E-state index contributed by atoms with van der Waals surface area (Å²) < 4.78 is 0. The molecule has 4 heteroatoms. The normalized spacial score (nSPS) is 14.7. The number of hydrogen-bond donors (Lipinski definition) is 2. The first-order valence-electron chi connectivity index (χ1n) is 9.06. The van der Waals surface area contributed by atoms with Gasteiger partial charge in [0, 0.05) is 0 Å². The van der Waals surface area contributed by atoms with E-state index in [-0.39, 0.29) is 6.42 Å². The van der Waals surface area contributed by atoms with Gasteiger partial charge in [-0.15, -0.1) is 0 Å². The van der Waals surface area contributed by atoms with Crippen LogP contribution in [0.2, 0.25) is 0 Å². The molecule has 0 radical (unpaired) electrons. The van der Waals surface area contributed by atoms with E-state index in [9.17, 15) is 9.59 Å². The van der Waals surface area contributed by atoms with Crippen molar-refractivity contribution >= 4 is 11.9 Å². The lowest BCUT2D eigenvalue weighted by Crippen LogP contribution is -2.36. The molecule has 0 aliphatic heterocycles. The predicted octanol–water partition coefficient (Wildman–Crippen LogP) is 5.21. The van der Waals surface area contributed by atoms with E-state index in [1.165, 1.54) is 32.6 Å². The molecule has 2 N–H and O–H groups in total. The maximum Gasteiger partial charge on any atom is 0.320 e. The molecule has 0 saturated heterocycles. The van der Waals surface area contributed by atoms with Crippen LogP contribution in [0.3, 0.4) is 0 Å². The molecule has 4 nitrogen and oxygen atoms in total. The predicted molar refractivity (Wildman–Crippen MR) is 93.5 cm³/mol. The Morgan fingerprint density at radius 1 is 0.783 bits per heavy atom. The molecule has 23 heavy (non-hydrogen) atoms. The zero-order valence-corrected chi connectivity index (χ0v) is 15.6. The van der Waals surface area contributed by atoms with Crippen LogP contribution in [0.25, 0.3) is 0 Å². The third-order valence-corrected chi connectivity index (χ3v) is 4.95. The van der Waals surface area contributed by atoms with Gasteiger partial charge in [0.2, 0.25) is 0 Å². The molecule has 2 atom stereocenters. The zero-order chi connectivity index (χ0) is 18.0. The van der Waals surface area contributed by atoms with Gasteiger partial charge in [0.25, 0.3) is 0 Å². The largest absolute Gasteiger partial charge is 0.480 e. The smallest absolute Gasteiger partial charge is 0.320 e. The van der Waals surface area contributed by atoms with Crippen molar-refractivity contribution in [3.8, 4) is 0 Å². The molecule has 0 aromatic heterocycles. The summed E-state index contributed by atoms with van der Waals surface area (Å²) in [4.78, 5) is 22.3. The van der Waals surface area contributed by atoms with Crippen LogP contribution in [0.4, 0.5) is 0 Å². The van der Waals surface area contributed by atoms with Crippen LogP contribution in [-0.4, -0.2) is 22.2 Å². The Balaban J connectivity index is 3.97. The summed E-state index contributed by atoms with van der Waals surface area (Å²) in [6.45, 7) is 10.2. The van der Waals surface area contributed by atoms with Crippen molar-refractivity contribution in [2.75, 3.05) is 0 Å². The van der Waals surface area contributed by atoms with Crippen molar-refractivity contribution < 1.29 is 19.8 Å². The highest BCUT2D eigenvalue weighted by atomic mass is 16.4. The summed E-state index contributed by atoms with van der Waals surface area (Å²) in [5.74, 6) is -0.591. The average Bonchev–Trinajstić information content (AvgIpc) is 2.43. The monoisotopic (exact) mass is 328 g/mol. The molecule has 136 valence electrons. The van der Waals surface area contributed by atoms with Crippen molar-refractivity contribution in [3.63, 3.8) is 0 Å². The van der Waals surface area contributed by atoms with Crippen LogP contribution < -0.4 is 0 Å². The second-order valence-corrected chi connectivity index (χ2v) is 7.95. The molecule has 0 bridgehead atoms. The molecule has 0 aromatic carbocycles. The molecule has 0 fully saturated rings. The van der Waals surface area contributed by atoms with Gasteiger partial charge in [-0.3, -0.25) is 9.59 Å². The number of carbonyl (C=O) groups is 2. The molecule has 0 spiro atoms. The Bertz CT molecular complexity index is 348. The van der Waals surface area contributed by atoms with E-state index < -0.39 is 17.4 Å². The molecule has 0 rings (SSSR count). The van der Waals surface area contributed by atoms with Crippen molar-refractivity contribution in [3.05, 3.63) is 0 Å². The third-order valence-electron chi connectivity index (χ3n) is 4.95. The molecule has 0 heterocycles. The first-order chi connectivity index (χ1) is 10.6. The lowest BCUT2D eigenvalue weighted by atomic mass is 9.82. The lowest BCUT2D eigenvalue weighted by molar-refractivity contribution is -0.164. The summed E-state index contributed by atoms with van der Waals surface area (Å²) in [6, 6.07) is 0. The highest BCUT2D eigenvalue weighted by Gasteiger charge is 2.41. The minimum atomic E-state index is -1.65. The van der Waals surface area contributed by atoms with Crippen LogP contribution in [0.15, 0.2) is 0 Å². The Morgan fingerprint density at radius 2 is 1.17 bits per heavy atom. The zero-order valence-electron chi connectivity index (χ0n) is 15.6. The van der Waals surface area contributed by atoms with E-state index in [4.69, 9.17) is 10.2 Å². The minimum absolute atomic E-state index is 0.197. The Labute approximate surface area is 141 Å². The molecule has 0 aliphatic rings. The van der Waals surface area contributed by atoms with Gasteiger partial charge in [-0.25, -0.2) is 0 Å². The van der Waals surface area contributed by atoms with E-state index in [1.54, 1.807) is 0 Å². The van der Waals surface area contributed by atoms with E-state index >= 15 is 0 Å². The standard InChI is InChI=1S/C19H36O4/c1-14(2)8-6-9-15(3)10-7-11-16(4)12-13-19(5,17(20)21)18(22)23/h14-16H,6-13H2,1-5H3,(H,20,21)(H,22,23). The van der Waals surface area contributed by atoms with E-state index in [0.29, 0.717) is 12.3 Å². The van der Waals surface area contributed by atoms with E-state index in [2.05, 4.69) is 27.7 Å². The average molecular weight is 328 g/mol. The van der Waals surface area contributed by atoms with Crippen molar-refractivity contribution in [2.24, 2.45) is 23.2 Å². The molecule has 2 unspecified atom stereocenters. The second kappa shape index (κ2) is 10.7. The van der Waals surface area contributed by atoms with Crippen molar-refractivity contribution in [1.29, 1.82) is 0 Å². The van der Waals surface area contributed by atoms with Crippen LogP contribution in [-0.2, 0) is 9.59 Å². The van der Waals surface area contributed by atoms with Gasteiger partial charge in [0.1, 0.15) is 0 Å². The first-order valence-corrected chi connectivity index (χ1v) is 9.06. The number of aliphatic carboxylic acids is 2. The summed E-state index contributed by atoms with van der Waals surface area (Å²) in [5.41, 5.74) is -1.65. The van der Waals surface area contributed by atoms with Crippen LogP contribution in [0, 0.1) is 23.2 Å². The molecule has 0 amide bonds. The van der Waals surface area contributed by atoms with Gasteiger partial charge >= 0.3 is 11.9 Å². The van der Waals surface area contributed by atoms with Gasteiger partial charge in [-0.1, -0.05) is 66.2 Å². The molecule has 0 saturated carbocycles. The maximum absolute atomic E-state index is 11.1. The number of hydrogen-bond acceptors (Lipinski definition) is 2. The fraction of sp³-hybridized carbons (Fsp3) is 0.895. The lowest BCUT2D eigenvalue weighted by Gasteiger charge is -2.22. The van der Waals surface area contributed by atoms with Gasteiger partial charge in [0.05, 0.1) is 0 Å². The quantitative estimate of drug-likeness (QED) is 0.455. The molecule has 0 aliphatic carbocycles. The first kappa shape index (κ1) is 21.9. The fourth-order valence-corrected chi connectivity index (χ4v) is 2.82. The third kappa shape index (κ3) is 8.97. The molecule has 0 aromatic rings. The Morgan fingerprint density at radius 3 is 1.57 bits per heavy atom. The number of carboxylic acids is 2. The minimum Gasteiger partial charge on any atom is -0.480 e. The number of carboxylic acid groups (broad SMARTS) is 2. The van der Waals surface area contributed by atoms with Crippen molar-refractivity contribution in [2.45, 2.75) is 86.0 Å². The van der Waals surface area contributed by atoms with Crippen LogP contribution in [0.1, 0.15) is 86.0 Å². The van der Waals surface area contributed by atoms with E-state index in [0.717, 1.165) is 24.7 Å². The highest BCUT2D eigenvalue weighted by molar-refractivity contribution is 5.97. The Kier molecular flexibility index (Phi) is 10.2. The van der Waals surface area contributed by atoms with Gasteiger partial charge < -0.3 is 10.2 Å². The fourth-order valence-electron chi connectivity index (χ4n) is 2.82. The molecular formula is C19H36O4. The van der Waals surface area contributed by atoms with Gasteiger partial charge in [0.15, 0.2) is 5.41 Å². The highest BCUT2D eigenvalue weighted by Crippen LogP contribution is 2.28. The summed E-state index contributed by atoms with van der Waals surface area (Å²) >= 11 is 0. The van der Waals surface area contributed by atoms with Crippen molar-refractivity contribution in [1.82, 2.24) is 0 Å². The summed E-state index contributed by atoms with van der Waals surface area (Å²) in [5, 5.41) is 18.2. The topological polar surface area (TPSA) is 74.6 Å².